The largest absolute Gasteiger partial charge is 0.307 e. The number of thioether (sulfide) groups is 1. The monoisotopic (exact) mass is 268 g/mol. The van der Waals surface area contributed by atoms with Crippen LogP contribution in [-0.2, 0) is 6.54 Å². The van der Waals surface area contributed by atoms with Crippen molar-refractivity contribution in [1.29, 1.82) is 0 Å². The normalized spacial score (nSPS) is 24.7. The molecule has 1 saturated carbocycles. The third kappa shape index (κ3) is 3.48. The predicted octanol–water partition coefficient (Wildman–Crippen LogP) is 2.62. The first kappa shape index (κ1) is 13.9. The lowest BCUT2D eigenvalue weighted by atomic mass is 9.95. The van der Waals surface area contributed by atoms with Gasteiger partial charge in [0.15, 0.2) is 0 Å². The summed E-state index contributed by atoms with van der Waals surface area (Å²) in [5.74, 6) is 1.05. The molecule has 2 unspecified atom stereocenters. The molecule has 1 heterocycles. The van der Waals surface area contributed by atoms with Crippen molar-refractivity contribution >= 4 is 11.8 Å². The average molecular weight is 268 g/mol. The van der Waals surface area contributed by atoms with Crippen molar-refractivity contribution in [2.75, 3.05) is 6.26 Å². The van der Waals surface area contributed by atoms with Crippen molar-refractivity contribution in [3.8, 4) is 0 Å². The van der Waals surface area contributed by atoms with E-state index in [1.807, 2.05) is 16.4 Å². The van der Waals surface area contributed by atoms with Crippen LogP contribution in [0.4, 0.5) is 0 Å². The maximum atomic E-state index is 4.35. The summed E-state index contributed by atoms with van der Waals surface area (Å²) in [6.45, 7) is 5.12. The fraction of sp³-hybridized carbons (Fsp3) is 0.846. The molecular weight excluding hydrogens is 244 g/mol. The van der Waals surface area contributed by atoms with Gasteiger partial charge in [0, 0.05) is 17.3 Å². The second-order valence-corrected chi connectivity index (χ2v) is 6.45. The van der Waals surface area contributed by atoms with E-state index in [2.05, 4.69) is 35.5 Å². The number of hydrogen-bond acceptors (Lipinski definition) is 4. The molecule has 1 aromatic rings. The zero-order chi connectivity index (χ0) is 13.0. The lowest BCUT2D eigenvalue weighted by Crippen LogP contribution is -2.35. The standard InChI is InChI=1S/C13H24N4S/c1-10(2)17-13(15-9-16-17)8-14-11-5-4-6-12(7-11)18-3/h9-12,14H,4-8H2,1-3H3. The average Bonchev–Trinajstić information content (AvgIpc) is 2.85. The topological polar surface area (TPSA) is 42.7 Å². The van der Waals surface area contributed by atoms with Gasteiger partial charge in [0.05, 0.1) is 6.54 Å². The van der Waals surface area contributed by atoms with E-state index in [4.69, 9.17) is 0 Å². The van der Waals surface area contributed by atoms with Gasteiger partial charge in [-0.25, -0.2) is 9.67 Å². The Morgan fingerprint density at radius 2 is 2.33 bits per heavy atom. The summed E-state index contributed by atoms with van der Waals surface area (Å²) >= 11 is 2.01. The van der Waals surface area contributed by atoms with Gasteiger partial charge in [-0.2, -0.15) is 16.9 Å². The van der Waals surface area contributed by atoms with Gasteiger partial charge < -0.3 is 5.32 Å². The number of nitrogens with one attached hydrogen (secondary N) is 1. The Labute approximate surface area is 114 Å². The van der Waals surface area contributed by atoms with Crippen LogP contribution in [0.5, 0.6) is 0 Å². The molecule has 0 radical (unpaired) electrons. The van der Waals surface area contributed by atoms with Gasteiger partial charge in [0.25, 0.3) is 0 Å². The number of aromatic nitrogens is 3. The molecule has 0 saturated heterocycles. The Balaban J connectivity index is 1.85. The van der Waals surface area contributed by atoms with Crippen LogP contribution in [0.3, 0.4) is 0 Å². The minimum Gasteiger partial charge on any atom is -0.307 e. The molecule has 0 amide bonds. The Bertz CT molecular complexity index is 364. The van der Waals surface area contributed by atoms with Crippen LogP contribution >= 0.6 is 11.8 Å². The quantitative estimate of drug-likeness (QED) is 0.891. The summed E-state index contributed by atoms with van der Waals surface area (Å²) in [5.41, 5.74) is 0. The Morgan fingerprint density at radius 1 is 1.50 bits per heavy atom. The van der Waals surface area contributed by atoms with Crippen molar-refractivity contribution in [3.63, 3.8) is 0 Å². The third-order valence-corrected chi connectivity index (χ3v) is 4.74. The first-order valence-corrected chi connectivity index (χ1v) is 8.14. The van der Waals surface area contributed by atoms with E-state index >= 15 is 0 Å². The molecule has 0 aliphatic heterocycles. The molecule has 1 fully saturated rings. The molecule has 5 heteroatoms. The van der Waals surface area contributed by atoms with Crippen LogP contribution in [0.1, 0.15) is 51.4 Å². The maximum Gasteiger partial charge on any atom is 0.141 e. The molecule has 102 valence electrons. The van der Waals surface area contributed by atoms with Gasteiger partial charge in [0.2, 0.25) is 0 Å². The summed E-state index contributed by atoms with van der Waals surface area (Å²) < 4.78 is 2.00. The fourth-order valence-electron chi connectivity index (χ4n) is 2.61. The lowest BCUT2D eigenvalue weighted by Gasteiger charge is -2.28. The summed E-state index contributed by atoms with van der Waals surface area (Å²) in [5, 5.41) is 8.75. The van der Waals surface area contributed by atoms with Crippen molar-refractivity contribution in [1.82, 2.24) is 20.1 Å². The Hall–Kier alpha value is -0.550. The number of rotatable bonds is 5. The molecule has 0 bridgehead atoms. The van der Waals surface area contributed by atoms with E-state index in [1.54, 1.807) is 6.33 Å². The van der Waals surface area contributed by atoms with Crippen molar-refractivity contribution in [2.45, 2.75) is 63.4 Å². The van der Waals surface area contributed by atoms with E-state index in [1.165, 1.54) is 25.7 Å². The highest BCUT2D eigenvalue weighted by atomic mass is 32.2. The van der Waals surface area contributed by atoms with Crippen molar-refractivity contribution in [3.05, 3.63) is 12.2 Å². The molecule has 18 heavy (non-hydrogen) atoms. The van der Waals surface area contributed by atoms with Crippen LogP contribution in [0.15, 0.2) is 6.33 Å². The zero-order valence-corrected chi connectivity index (χ0v) is 12.4. The number of hydrogen-bond donors (Lipinski definition) is 1. The highest BCUT2D eigenvalue weighted by Gasteiger charge is 2.21. The minimum atomic E-state index is 0.384. The van der Waals surface area contributed by atoms with Gasteiger partial charge in [-0.05, 0) is 39.4 Å². The van der Waals surface area contributed by atoms with E-state index < -0.39 is 0 Å². The Morgan fingerprint density at radius 3 is 3.06 bits per heavy atom. The van der Waals surface area contributed by atoms with E-state index in [0.29, 0.717) is 12.1 Å². The lowest BCUT2D eigenvalue weighted by molar-refractivity contribution is 0.369. The zero-order valence-electron chi connectivity index (χ0n) is 11.6. The number of nitrogens with zero attached hydrogens (tertiary/aromatic N) is 3. The Kier molecular flexibility index (Phi) is 5.06. The van der Waals surface area contributed by atoms with Gasteiger partial charge in [-0.1, -0.05) is 6.42 Å². The van der Waals surface area contributed by atoms with Crippen LogP contribution in [0.25, 0.3) is 0 Å². The third-order valence-electron chi connectivity index (χ3n) is 3.64. The molecule has 0 aromatic carbocycles. The van der Waals surface area contributed by atoms with Crippen LogP contribution < -0.4 is 5.32 Å². The molecule has 1 aromatic heterocycles. The van der Waals surface area contributed by atoms with Crippen molar-refractivity contribution < 1.29 is 0 Å². The second kappa shape index (κ2) is 6.57. The van der Waals surface area contributed by atoms with Crippen LogP contribution in [0, 0.1) is 0 Å². The highest BCUT2D eigenvalue weighted by Crippen LogP contribution is 2.27. The molecule has 4 nitrogen and oxygen atoms in total. The fourth-order valence-corrected chi connectivity index (χ4v) is 3.44. The minimum absolute atomic E-state index is 0.384. The summed E-state index contributed by atoms with van der Waals surface area (Å²) in [6, 6.07) is 1.03. The second-order valence-electron chi connectivity index (χ2n) is 5.32. The summed E-state index contributed by atoms with van der Waals surface area (Å²) in [4.78, 5) is 4.35. The van der Waals surface area contributed by atoms with Gasteiger partial charge in [0.1, 0.15) is 12.2 Å². The van der Waals surface area contributed by atoms with Gasteiger partial charge in [-0.3, -0.25) is 0 Å². The first-order chi connectivity index (χ1) is 8.70. The smallest absolute Gasteiger partial charge is 0.141 e. The predicted molar refractivity (Wildman–Crippen MR) is 76.8 cm³/mol. The van der Waals surface area contributed by atoms with E-state index in [0.717, 1.165) is 17.6 Å². The van der Waals surface area contributed by atoms with Crippen LogP contribution in [-0.4, -0.2) is 32.3 Å². The molecular formula is C13H24N4S. The van der Waals surface area contributed by atoms with Gasteiger partial charge >= 0.3 is 0 Å². The molecule has 1 N–H and O–H groups in total. The van der Waals surface area contributed by atoms with E-state index in [9.17, 15) is 0 Å². The molecule has 0 spiro atoms. The maximum absolute atomic E-state index is 4.35. The highest BCUT2D eigenvalue weighted by molar-refractivity contribution is 7.99. The molecule has 1 aliphatic rings. The van der Waals surface area contributed by atoms with Crippen LogP contribution in [0.2, 0.25) is 0 Å². The molecule has 1 aliphatic carbocycles. The summed E-state index contributed by atoms with van der Waals surface area (Å²) in [6.07, 6.45) is 9.19. The molecule has 2 atom stereocenters. The summed E-state index contributed by atoms with van der Waals surface area (Å²) in [7, 11) is 0. The SMILES string of the molecule is CSC1CCCC(NCc2ncnn2C(C)C)C1. The van der Waals surface area contributed by atoms with E-state index in [-0.39, 0.29) is 0 Å². The van der Waals surface area contributed by atoms with Gasteiger partial charge in [-0.15, -0.1) is 0 Å². The molecule has 2 rings (SSSR count). The first-order valence-electron chi connectivity index (χ1n) is 6.85. The van der Waals surface area contributed by atoms with Crippen molar-refractivity contribution in [2.24, 2.45) is 0 Å².